The summed E-state index contributed by atoms with van der Waals surface area (Å²) in [6, 6.07) is 0.257. The molecule has 0 radical (unpaired) electrons. The molecular formula is C12H24N2O. The van der Waals surface area contributed by atoms with Gasteiger partial charge in [-0.05, 0) is 46.0 Å². The molecular weight excluding hydrogens is 188 g/mol. The molecule has 2 N–H and O–H groups in total. The summed E-state index contributed by atoms with van der Waals surface area (Å²) in [5, 5.41) is 0. The molecule has 0 aromatic carbocycles. The summed E-state index contributed by atoms with van der Waals surface area (Å²) in [6.07, 6.45) is 3.23. The summed E-state index contributed by atoms with van der Waals surface area (Å²) < 4.78 is 0. The Bertz CT molecular complexity index is 232. The molecule has 1 saturated carbocycles. The van der Waals surface area contributed by atoms with Crippen LogP contribution in [0.2, 0.25) is 0 Å². The van der Waals surface area contributed by atoms with Crippen LogP contribution in [-0.2, 0) is 4.79 Å². The van der Waals surface area contributed by atoms with Gasteiger partial charge in [0.15, 0.2) is 0 Å². The lowest BCUT2D eigenvalue weighted by atomic mass is 9.97. The van der Waals surface area contributed by atoms with E-state index in [1.807, 2.05) is 18.7 Å². The second-order valence-corrected chi connectivity index (χ2v) is 5.27. The molecule has 1 fully saturated rings. The Morgan fingerprint density at radius 3 is 2.40 bits per heavy atom. The molecule has 1 atom stereocenters. The Kier molecular flexibility index (Phi) is 3.77. The van der Waals surface area contributed by atoms with Crippen LogP contribution in [0.4, 0.5) is 0 Å². The number of nitrogens with zero attached hydrogens (tertiary/aromatic N) is 1. The van der Waals surface area contributed by atoms with Gasteiger partial charge in [-0.2, -0.15) is 0 Å². The Morgan fingerprint density at radius 1 is 1.53 bits per heavy atom. The van der Waals surface area contributed by atoms with Crippen LogP contribution in [-0.4, -0.2) is 28.9 Å². The first-order valence-electron chi connectivity index (χ1n) is 5.98. The van der Waals surface area contributed by atoms with Gasteiger partial charge in [0.1, 0.15) is 0 Å². The van der Waals surface area contributed by atoms with E-state index in [2.05, 4.69) is 13.8 Å². The normalized spacial score (nSPS) is 20.1. The van der Waals surface area contributed by atoms with Crippen LogP contribution in [0, 0.1) is 5.92 Å². The molecule has 0 saturated heterocycles. The van der Waals surface area contributed by atoms with Gasteiger partial charge in [-0.25, -0.2) is 0 Å². The maximum atomic E-state index is 12.2. The highest BCUT2D eigenvalue weighted by atomic mass is 16.2. The van der Waals surface area contributed by atoms with Crippen LogP contribution in [0.25, 0.3) is 0 Å². The fourth-order valence-electron chi connectivity index (χ4n) is 1.59. The second kappa shape index (κ2) is 4.52. The summed E-state index contributed by atoms with van der Waals surface area (Å²) in [5.74, 6) is 0.830. The summed E-state index contributed by atoms with van der Waals surface area (Å²) >= 11 is 0. The van der Waals surface area contributed by atoms with Gasteiger partial charge in [0.2, 0.25) is 5.91 Å². The summed E-state index contributed by atoms with van der Waals surface area (Å²) in [7, 11) is 0. The zero-order chi connectivity index (χ0) is 11.6. The van der Waals surface area contributed by atoms with Crippen LogP contribution < -0.4 is 5.73 Å². The van der Waals surface area contributed by atoms with Crippen LogP contribution >= 0.6 is 0 Å². The summed E-state index contributed by atoms with van der Waals surface area (Å²) in [6.45, 7) is 8.81. The minimum Gasteiger partial charge on any atom is -0.338 e. The van der Waals surface area contributed by atoms with Crippen molar-refractivity contribution in [2.45, 2.75) is 58.5 Å². The highest BCUT2D eigenvalue weighted by Gasteiger charge is 2.35. The van der Waals surface area contributed by atoms with Crippen molar-refractivity contribution in [3.8, 4) is 0 Å². The standard InChI is InChI=1S/C12H24N2O/c1-5-12(4,13)11(15)14(9(2)3)8-10-6-7-10/h9-10H,5-8,13H2,1-4H3. The lowest BCUT2D eigenvalue weighted by Crippen LogP contribution is -2.55. The molecule has 0 heterocycles. The van der Waals surface area contributed by atoms with Gasteiger partial charge in [-0.3, -0.25) is 4.79 Å². The van der Waals surface area contributed by atoms with Gasteiger partial charge in [0.25, 0.3) is 0 Å². The molecule has 1 unspecified atom stereocenters. The minimum absolute atomic E-state index is 0.104. The van der Waals surface area contributed by atoms with Gasteiger partial charge >= 0.3 is 0 Å². The molecule has 1 aliphatic carbocycles. The zero-order valence-corrected chi connectivity index (χ0v) is 10.4. The average Bonchev–Trinajstić information content (AvgIpc) is 2.96. The average molecular weight is 212 g/mol. The second-order valence-electron chi connectivity index (χ2n) is 5.27. The Labute approximate surface area is 93.0 Å². The Balaban J connectivity index is 2.65. The number of amides is 1. The van der Waals surface area contributed by atoms with Gasteiger partial charge in [0.05, 0.1) is 5.54 Å². The molecule has 0 bridgehead atoms. The lowest BCUT2D eigenvalue weighted by Gasteiger charge is -2.34. The predicted octanol–water partition coefficient (Wildman–Crippen LogP) is 1.76. The number of hydrogen-bond donors (Lipinski definition) is 1. The molecule has 0 aliphatic heterocycles. The first kappa shape index (κ1) is 12.5. The maximum absolute atomic E-state index is 12.2. The van der Waals surface area contributed by atoms with E-state index in [-0.39, 0.29) is 11.9 Å². The van der Waals surface area contributed by atoms with E-state index in [4.69, 9.17) is 5.73 Å². The molecule has 1 amide bonds. The first-order chi connectivity index (χ1) is 6.88. The van der Waals surface area contributed by atoms with Crippen LogP contribution in [0.3, 0.4) is 0 Å². The molecule has 3 nitrogen and oxygen atoms in total. The van der Waals surface area contributed by atoms with E-state index in [1.165, 1.54) is 12.8 Å². The number of nitrogens with two attached hydrogens (primary N) is 1. The molecule has 1 aliphatic rings. The molecule has 3 heteroatoms. The quantitative estimate of drug-likeness (QED) is 0.755. The van der Waals surface area contributed by atoms with Crippen molar-refractivity contribution in [2.24, 2.45) is 11.7 Å². The van der Waals surface area contributed by atoms with Crippen LogP contribution in [0.5, 0.6) is 0 Å². The van der Waals surface area contributed by atoms with Crippen molar-refractivity contribution >= 4 is 5.91 Å². The van der Waals surface area contributed by atoms with Crippen LogP contribution in [0.1, 0.15) is 47.0 Å². The largest absolute Gasteiger partial charge is 0.338 e. The smallest absolute Gasteiger partial charge is 0.242 e. The first-order valence-corrected chi connectivity index (χ1v) is 5.98. The van der Waals surface area contributed by atoms with Crippen molar-refractivity contribution in [3.05, 3.63) is 0 Å². The number of carbonyl (C=O) groups excluding carboxylic acids is 1. The monoisotopic (exact) mass is 212 g/mol. The zero-order valence-electron chi connectivity index (χ0n) is 10.4. The highest BCUT2D eigenvalue weighted by Crippen LogP contribution is 2.31. The molecule has 0 aromatic heterocycles. The number of carbonyl (C=O) groups is 1. The molecule has 15 heavy (non-hydrogen) atoms. The van der Waals surface area contributed by atoms with Gasteiger partial charge in [-0.1, -0.05) is 6.92 Å². The van der Waals surface area contributed by atoms with Crippen molar-refractivity contribution < 1.29 is 4.79 Å². The summed E-state index contributed by atoms with van der Waals surface area (Å²) in [5.41, 5.74) is 5.31. The molecule has 88 valence electrons. The van der Waals surface area contributed by atoms with E-state index in [9.17, 15) is 4.79 Å². The Hall–Kier alpha value is -0.570. The van der Waals surface area contributed by atoms with Crippen molar-refractivity contribution in [3.63, 3.8) is 0 Å². The number of rotatable bonds is 5. The third-order valence-corrected chi connectivity index (χ3v) is 3.26. The van der Waals surface area contributed by atoms with Gasteiger partial charge in [0, 0.05) is 12.6 Å². The highest BCUT2D eigenvalue weighted by molar-refractivity contribution is 5.85. The van der Waals surface area contributed by atoms with E-state index in [0.717, 1.165) is 12.5 Å². The molecule has 0 spiro atoms. The molecule has 0 aromatic rings. The number of hydrogen-bond acceptors (Lipinski definition) is 2. The Morgan fingerprint density at radius 2 is 2.07 bits per heavy atom. The fraction of sp³-hybridized carbons (Fsp3) is 0.917. The topological polar surface area (TPSA) is 46.3 Å². The van der Waals surface area contributed by atoms with Crippen molar-refractivity contribution in [1.82, 2.24) is 4.90 Å². The lowest BCUT2D eigenvalue weighted by molar-refractivity contribution is -0.138. The minimum atomic E-state index is -0.695. The third-order valence-electron chi connectivity index (χ3n) is 3.26. The van der Waals surface area contributed by atoms with E-state index >= 15 is 0 Å². The molecule has 1 rings (SSSR count). The maximum Gasteiger partial charge on any atom is 0.242 e. The van der Waals surface area contributed by atoms with Gasteiger partial charge in [-0.15, -0.1) is 0 Å². The summed E-state index contributed by atoms with van der Waals surface area (Å²) in [4.78, 5) is 14.1. The predicted molar refractivity (Wildman–Crippen MR) is 62.5 cm³/mol. The SMILES string of the molecule is CCC(C)(N)C(=O)N(CC1CC1)C(C)C. The van der Waals surface area contributed by atoms with Gasteiger partial charge < -0.3 is 10.6 Å². The fourth-order valence-corrected chi connectivity index (χ4v) is 1.59. The van der Waals surface area contributed by atoms with Crippen molar-refractivity contribution in [2.75, 3.05) is 6.54 Å². The van der Waals surface area contributed by atoms with E-state index < -0.39 is 5.54 Å². The van der Waals surface area contributed by atoms with Crippen LogP contribution in [0.15, 0.2) is 0 Å². The third kappa shape index (κ3) is 3.20. The van der Waals surface area contributed by atoms with E-state index in [0.29, 0.717) is 6.42 Å². The van der Waals surface area contributed by atoms with Crippen molar-refractivity contribution in [1.29, 1.82) is 0 Å². The van der Waals surface area contributed by atoms with E-state index in [1.54, 1.807) is 0 Å².